The summed E-state index contributed by atoms with van der Waals surface area (Å²) in [6, 6.07) is 0. The van der Waals surface area contributed by atoms with Crippen molar-refractivity contribution in [2.45, 2.75) is 232 Å². The number of allylic oxidation sites excluding steroid dienone is 12. The molecule has 6 heteroatoms. The summed E-state index contributed by atoms with van der Waals surface area (Å²) in [5.74, 6) is -0.971. The van der Waals surface area contributed by atoms with Gasteiger partial charge in [0.15, 0.2) is 6.10 Å². The summed E-state index contributed by atoms with van der Waals surface area (Å²) >= 11 is 0. The number of hydrogen-bond acceptors (Lipinski definition) is 6. The van der Waals surface area contributed by atoms with Gasteiger partial charge in [-0.05, 0) is 83.5 Å². The first-order chi connectivity index (χ1) is 29.0. The van der Waals surface area contributed by atoms with Crippen molar-refractivity contribution < 1.29 is 28.6 Å². The Balaban J connectivity index is 4.42. The van der Waals surface area contributed by atoms with Crippen LogP contribution in [0.2, 0.25) is 0 Å². The highest BCUT2D eigenvalue weighted by Crippen LogP contribution is 2.13. The molecule has 0 radical (unpaired) electrons. The molecule has 0 aromatic carbocycles. The van der Waals surface area contributed by atoms with Gasteiger partial charge in [-0.3, -0.25) is 14.4 Å². The van der Waals surface area contributed by atoms with Crippen LogP contribution in [0.5, 0.6) is 0 Å². The summed E-state index contributed by atoms with van der Waals surface area (Å²) in [7, 11) is 0. The van der Waals surface area contributed by atoms with Crippen LogP contribution in [0, 0.1) is 0 Å². The third-order valence-electron chi connectivity index (χ3n) is 10.2. The van der Waals surface area contributed by atoms with Crippen LogP contribution in [-0.4, -0.2) is 37.2 Å². The fourth-order valence-corrected chi connectivity index (χ4v) is 6.53. The van der Waals surface area contributed by atoms with Crippen LogP contribution < -0.4 is 0 Å². The van der Waals surface area contributed by atoms with Gasteiger partial charge >= 0.3 is 17.9 Å². The average Bonchev–Trinajstić information content (AvgIpc) is 3.23. The summed E-state index contributed by atoms with van der Waals surface area (Å²) in [4.78, 5) is 37.7. The summed E-state index contributed by atoms with van der Waals surface area (Å²) in [6.07, 6.45) is 59.0. The Morgan fingerprint density at radius 2 is 0.678 bits per heavy atom. The molecule has 0 aliphatic rings. The van der Waals surface area contributed by atoms with Crippen molar-refractivity contribution in [3.8, 4) is 0 Å². The number of hydrogen-bond donors (Lipinski definition) is 0. The standard InChI is InChI=1S/C53H90O6/c1-4-7-10-13-16-19-21-23-25-27-29-30-32-34-37-40-43-46-52(55)58-49-50(48-57-51(54)45-42-39-36-18-15-12-9-6-3)59-53(56)47-44-41-38-35-33-31-28-26-24-22-20-17-14-11-8-5-2/h7,10,16,19,23,25-26,28-30,34,37,50H,4-6,8-9,11-15,17-18,20-22,24,27,31-33,35-36,38-49H2,1-3H3/b10-7-,19-16-,25-23-,28-26-,30-29-,37-34-. The SMILES string of the molecule is CC/C=C\C/C=C\C/C=C\C/C=C\C/C=C\CCCC(=O)OCC(COC(=O)CCCCCCCCCC)OC(=O)CCCCCCC/C=C\CCCCCCCCC. The summed E-state index contributed by atoms with van der Waals surface area (Å²) < 4.78 is 16.7. The van der Waals surface area contributed by atoms with Gasteiger partial charge < -0.3 is 14.2 Å². The zero-order valence-electron chi connectivity index (χ0n) is 38.5. The van der Waals surface area contributed by atoms with E-state index in [0.717, 1.165) is 89.9 Å². The van der Waals surface area contributed by atoms with E-state index in [-0.39, 0.29) is 37.5 Å². The fourth-order valence-electron chi connectivity index (χ4n) is 6.53. The van der Waals surface area contributed by atoms with E-state index in [9.17, 15) is 14.4 Å². The summed E-state index contributed by atoms with van der Waals surface area (Å²) in [6.45, 7) is 6.43. The second kappa shape index (κ2) is 47.5. The van der Waals surface area contributed by atoms with Crippen molar-refractivity contribution in [2.24, 2.45) is 0 Å². The van der Waals surface area contributed by atoms with E-state index in [2.05, 4.69) is 93.7 Å². The molecule has 0 aliphatic carbocycles. The van der Waals surface area contributed by atoms with Gasteiger partial charge in [0.2, 0.25) is 0 Å². The molecule has 1 unspecified atom stereocenters. The molecule has 0 saturated heterocycles. The molecule has 0 N–H and O–H groups in total. The van der Waals surface area contributed by atoms with Gasteiger partial charge in [0.1, 0.15) is 13.2 Å². The van der Waals surface area contributed by atoms with Crippen molar-refractivity contribution in [1.82, 2.24) is 0 Å². The Morgan fingerprint density at radius 3 is 1.12 bits per heavy atom. The Labute approximate surface area is 363 Å². The molecule has 0 aromatic heterocycles. The molecular formula is C53H90O6. The fraction of sp³-hybridized carbons (Fsp3) is 0.717. The third-order valence-corrected chi connectivity index (χ3v) is 10.2. The summed E-state index contributed by atoms with van der Waals surface area (Å²) in [5.41, 5.74) is 0. The Hall–Kier alpha value is -3.15. The van der Waals surface area contributed by atoms with Crippen molar-refractivity contribution in [3.05, 3.63) is 72.9 Å². The average molecular weight is 823 g/mol. The maximum absolute atomic E-state index is 12.7. The third kappa shape index (κ3) is 45.8. The quantitative estimate of drug-likeness (QED) is 0.0264. The minimum absolute atomic E-state index is 0.0958. The molecule has 338 valence electrons. The maximum Gasteiger partial charge on any atom is 0.306 e. The van der Waals surface area contributed by atoms with Gasteiger partial charge in [0, 0.05) is 19.3 Å². The molecule has 0 aromatic rings. The van der Waals surface area contributed by atoms with E-state index in [4.69, 9.17) is 14.2 Å². The van der Waals surface area contributed by atoms with E-state index in [1.165, 1.54) is 89.9 Å². The molecule has 0 aliphatic heterocycles. The summed E-state index contributed by atoms with van der Waals surface area (Å²) in [5, 5.41) is 0. The number of rotatable bonds is 43. The molecule has 59 heavy (non-hydrogen) atoms. The number of carbonyl (C=O) groups excluding carboxylic acids is 3. The van der Waals surface area contributed by atoms with Crippen molar-refractivity contribution in [1.29, 1.82) is 0 Å². The highest BCUT2D eigenvalue weighted by atomic mass is 16.6. The van der Waals surface area contributed by atoms with Crippen LogP contribution in [0.15, 0.2) is 72.9 Å². The van der Waals surface area contributed by atoms with E-state index in [1.54, 1.807) is 0 Å². The molecule has 0 amide bonds. The molecule has 6 nitrogen and oxygen atoms in total. The first-order valence-corrected chi connectivity index (χ1v) is 24.4. The molecule has 0 saturated carbocycles. The molecular weight excluding hydrogens is 733 g/mol. The minimum Gasteiger partial charge on any atom is -0.462 e. The molecule has 0 bridgehead atoms. The van der Waals surface area contributed by atoms with Crippen molar-refractivity contribution >= 4 is 17.9 Å². The Kier molecular flexibility index (Phi) is 45.0. The first kappa shape index (κ1) is 55.9. The maximum atomic E-state index is 12.7. The zero-order chi connectivity index (χ0) is 43.0. The topological polar surface area (TPSA) is 78.9 Å². The minimum atomic E-state index is -0.798. The van der Waals surface area contributed by atoms with Gasteiger partial charge in [0.05, 0.1) is 0 Å². The van der Waals surface area contributed by atoms with Crippen LogP contribution in [0.1, 0.15) is 226 Å². The van der Waals surface area contributed by atoms with Crippen LogP contribution >= 0.6 is 0 Å². The lowest BCUT2D eigenvalue weighted by atomic mass is 10.1. The van der Waals surface area contributed by atoms with E-state index in [1.807, 2.05) is 0 Å². The van der Waals surface area contributed by atoms with E-state index in [0.29, 0.717) is 19.3 Å². The van der Waals surface area contributed by atoms with Gasteiger partial charge in [-0.2, -0.15) is 0 Å². The van der Waals surface area contributed by atoms with Gasteiger partial charge in [-0.15, -0.1) is 0 Å². The molecule has 0 spiro atoms. The second-order valence-corrected chi connectivity index (χ2v) is 16.0. The number of ether oxygens (including phenoxy) is 3. The van der Waals surface area contributed by atoms with Crippen molar-refractivity contribution in [2.75, 3.05) is 13.2 Å². The van der Waals surface area contributed by atoms with E-state index >= 15 is 0 Å². The number of esters is 3. The predicted molar refractivity (Wildman–Crippen MR) is 251 cm³/mol. The highest BCUT2D eigenvalue weighted by Gasteiger charge is 2.19. The zero-order valence-corrected chi connectivity index (χ0v) is 38.5. The Morgan fingerprint density at radius 1 is 0.356 bits per heavy atom. The molecule has 0 fully saturated rings. The van der Waals surface area contributed by atoms with Crippen LogP contribution in [0.25, 0.3) is 0 Å². The van der Waals surface area contributed by atoms with Crippen LogP contribution in [0.3, 0.4) is 0 Å². The largest absolute Gasteiger partial charge is 0.462 e. The van der Waals surface area contributed by atoms with Gasteiger partial charge in [0.25, 0.3) is 0 Å². The van der Waals surface area contributed by atoms with E-state index < -0.39 is 6.10 Å². The highest BCUT2D eigenvalue weighted by molar-refractivity contribution is 5.71. The van der Waals surface area contributed by atoms with Gasteiger partial charge in [-0.25, -0.2) is 0 Å². The molecule has 0 heterocycles. The predicted octanol–water partition coefficient (Wildman–Crippen LogP) is 15.9. The molecule has 1 atom stereocenters. The lowest BCUT2D eigenvalue weighted by Crippen LogP contribution is -2.30. The smallest absolute Gasteiger partial charge is 0.306 e. The van der Waals surface area contributed by atoms with Gasteiger partial charge in [-0.1, -0.05) is 196 Å². The first-order valence-electron chi connectivity index (χ1n) is 24.4. The normalized spacial score (nSPS) is 12.7. The van der Waals surface area contributed by atoms with Crippen LogP contribution in [-0.2, 0) is 28.6 Å². The van der Waals surface area contributed by atoms with Crippen molar-refractivity contribution in [3.63, 3.8) is 0 Å². The van der Waals surface area contributed by atoms with Crippen LogP contribution in [0.4, 0.5) is 0 Å². The lowest BCUT2D eigenvalue weighted by Gasteiger charge is -2.18. The second-order valence-electron chi connectivity index (χ2n) is 16.0. The molecule has 0 rings (SSSR count). The lowest BCUT2D eigenvalue weighted by molar-refractivity contribution is -0.167. The Bertz CT molecular complexity index is 1130. The number of carbonyl (C=O) groups is 3. The monoisotopic (exact) mass is 823 g/mol. The number of unbranched alkanes of at least 4 members (excludes halogenated alkanes) is 20.